The van der Waals surface area contributed by atoms with Gasteiger partial charge in [0.15, 0.2) is 0 Å². The summed E-state index contributed by atoms with van der Waals surface area (Å²) >= 11 is 0. The number of carbonyl (C=O) groups excluding carboxylic acids is 2. The molecule has 2 aromatic carbocycles. The van der Waals surface area contributed by atoms with E-state index in [4.69, 9.17) is 4.74 Å². The number of aliphatic carboxylic acids is 1. The van der Waals surface area contributed by atoms with Crippen molar-refractivity contribution in [2.45, 2.75) is 12.8 Å². The Bertz CT molecular complexity index is 1130. The number of rotatable bonds is 5. The first-order valence-electron chi connectivity index (χ1n) is 8.80. The van der Waals surface area contributed by atoms with Gasteiger partial charge in [-0.1, -0.05) is 36.4 Å². The van der Waals surface area contributed by atoms with E-state index in [1.807, 2.05) is 18.2 Å². The average Bonchev–Trinajstić information content (AvgIpc) is 3.07. The molecule has 0 spiro atoms. The molecule has 4 rings (SSSR count). The lowest BCUT2D eigenvalue weighted by molar-refractivity contribution is -0.307. The molecule has 0 bridgehead atoms. The monoisotopic (exact) mass is 373 g/mol. The number of carboxylic acid groups (broad SMARTS) is 2. The zero-order chi connectivity index (χ0) is 19.7. The normalized spacial score (nSPS) is 14.2. The SMILES string of the molecule is O=C([O-])COc1ccccc1/C=C1\CCc2c1nc1ccccc1c2C(=O)[O-]. The number of nitrogens with zero attached hydrogens (tertiary/aromatic N) is 1. The van der Waals surface area contributed by atoms with E-state index in [9.17, 15) is 19.8 Å². The molecule has 0 saturated heterocycles. The Kier molecular flexibility index (Phi) is 4.53. The van der Waals surface area contributed by atoms with Crippen LogP contribution in [0.5, 0.6) is 5.75 Å². The number of pyridine rings is 1. The Morgan fingerprint density at radius 3 is 2.57 bits per heavy atom. The lowest BCUT2D eigenvalue weighted by atomic mass is 10.0. The maximum atomic E-state index is 11.8. The molecule has 28 heavy (non-hydrogen) atoms. The highest BCUT2D eigenvalue weighted by molar-refractivity contribution is 6.05. The largest absolute Gasteiger partial charge is 0.546 e. The molecule has 1 aromatic heterocycles. The molecular weight excluding hydrogens is 358 g/mol. The fourth-order valence-corrected chi connectivity index (χ4v) is 3.57. The molecule has 140 valence electrons. The zero-order valence-electron chi connectivity index (χ0n) is 14.8. The number of aromatic nitrogens is 1. The second-order valence-electron chi connectivity index (χ2n) is 6.49. The number of aromatic carboxylic acids is 1. The van der Waals surface area contributed by atoms with Crippen LogP contribution in [-0.2, 0) is 11.2 Å². The summed E-state index contributed by atoms with van der Waals surface area (Å²) in [5.41, 5.74) is 3.63. The minimum absolute atomic E-state index is 0.186. The lowest BCUT2D eigenvalue weighted by Crippen LogP contribution is -2.29. The summed E-state index contributed by atoms with van der Waals surface area (Å²) in [5, 5.41) is 23.1. The van der Waals surface area contributed by atoms with Crippen LogP contribution >= 0.6 is 0 Å². The molecule has 0 amide bonds. The molecule has 3 aromatic rings. The van der Waals surface area contributed by atoms with Crippen LogP contribution < -0.4 is 14.9 Å². The smallest absolute Gasteiger partial charge is 0.128 e. The molecular formula is C22H15NO5-2. The van der Waals surface area contributed by atoms with E-state index < -0.39 is 18.5 Å². The van der Waals surface area contributed by atoms with Crippen LogP contribution in [0.2, 0.25) is 0 Å². The van der Waals surface area contributed by atoms with Crippen molar-refractivity contribution in [2.75, 3.05) is 6.61 Å². The predicted molar refractivity (Wildman–Crippen MR) is 99.2 cm³/mol. The van der Waals surface area contributed by atoms with Crippen LogP contribution in [0.1, 0.15) is 33.6 Å². The van der Waals surface area contributed by atoms with Crippen LogP contribution in [0.15, 0.2) is 48.5 Å². The lowest BCUT2D eigenvalue weighted by Gasteiger charge is -2.13. The first-order chi connectivity index (χ1) is 13.5. The van der Waals surface area contributed by atoms with Gasteiger partial charge in [0.05, 0.1) is 23.1 Å². The third-order valence-electron chi connectivity index (χ3n) is 4.74. The summed E-state index contributed by atoms with van der Waals surface area (Å²) in [7, 11) is 0. The quantitative estimate of drug-likeness (QED) is 0.666. The molecule has 6 nitrogen and oxygen atoms in total. The first-order valence-corrected chi connectivity index (χ1v) is 8.80. The van der Waals surface area contributed by atoms with Gasteiger partial charge in [0.25, 0.3) is 0 Å². The highest BCUT2D eigenvalue weighted by Gasteiger charge is 2.24. The molecule has 1 heterocycles. The molecule has 0 saturated carbocycles. The van der Waals surface area contributed by atoms with E-state index in [1.54, 1.807) is 36.4 Å². The van der Waals surface area contributed by atoms with E-state index in [2.05, 4.69) is 4.98 Å². The fraction of sp³-hybridized carbons (Fsp3) is 0.136. The maximum Gasteiger partial charge on any atom is 0.128 e. The highest BCUT2D eigenvalue weighted by atomic mass is 16.5. The second-order valence-corrected chi connectivity index (χ2v) is 6.49. The minimum Gasteiger partial charge on any atom is -0.546 e. The van der Waals surface area contributed by atoms with Crippen LogP contribution in [0, 0.1) is 0 Å². The Morgan fingerprint density at radius 2 is 1.79 bits per heavy atom. The van der Waals surface area contributed by atoms with E-state index in [1.165, 1.54) is 0 Å². The number of para-hydroxylation sites is 2. The zero-order valence-corrected chi connectivity index (χ0v) is 14.8. The first kappa shape index (κ1) is 17.7. The van der Waals surface area contributed by atoms with Crippen molar-refractivity contribution in [3.05, 3.63) is 70.9 Å². The molecule has 6 heteroatoms. The summed E-state index contributed by atoms with van der Waals surface area (Å²) < 4.78 is 5.30. The van der Waals surface area contributed by atoms with Gasteiger partial charge in [-0.2, -0.15) is 0 Å². The maximum absolute atomic E-state index is 11.8. The molecule has 0 N–H and O–H groups in total. The Labute approximate surface area is 160 Å². The van der Waals surface area contributed by atoms with Gasteiger partial charge in [-0.15, -0.1) is 0 Å². The van der Waals surface area contributed by atoms with Crippen LogP contribution in [0.3, 0.4) is 0 Å². The van der Waals surface area contributed by atoms with Crippen molar-refractivity contribution >= 4 is 34.5 Å². The van der Waals surface area contributed by atoms with E-state index in [-0.39, 0.29) is 5.56 Å². The number of ether oxygens (including phenoxy) is 1. The van der Waals surface area contributed by atoms with Crippen LogP contribution in [-0.4, -0.2) is 23.5 Å². The van der Waals surface area contributed by atoms with E-state index in [0.717, 1.165) is 5.57 Å². The van der Waals surface area contributed by atoms with Crippen molar-refractivity contribution in [3.8, 4) is 5.75 Å². The summed E-state index contributed by atoms with van der Waals surface area (Å²) in [5.74, 6) is -2.11. The average molecular weight is 373 g/mol. The number of benzene rings is 2. The number of carbonyl (C=O) groups is 2. The van der Waals surface area contributed by atoms with Gasteiger partial charge in [-0.3, -0.25) is 0 Å². The molecule has 0 atom stereocenters. The van der Waals surface area contributed by atoms with Gasteiger partial charge in [-0.25, -0.2) is 4.98 Å². The summed E-state index contributed by atoms with van der Waals surface area (Å²) in [6.45, 7) is -0.547. The number of hydrogen-bond acceptors (Lipinski definition) is 6. The summed E-state index contributed by atoms with van der Waals surface area (Å²) in [4.78, 5) is 27.2. The van der Waals surface area contributed by atoms with Gasteiger partial charge in [0.2, 0.25) is 0 Å². The Morgan fingerprint density at radius 1 is 1.04 bits per heavy atom. The van der Waals surface area contributed by atoms with E-state index in [0.29, 0.717) is 46.3 Å². The summed E-state index contributed by atoms with van der Waals surface area (Å²) in [6.07, 6.45) is 3.02. The topological polar surface area (TPSA) is 102 Å². The molecule has 0 unspecified atom stereocenters. The standard InChI is InChI=1S/C22H17NO5/c24-19(25)12-28-18-8-4-1-5-13(18)11-14-9-10-16-20(22(26)27)15-6-2-3-7-17(15)23-21(14)16/h1-8,11H,9-10,12H2,(H,24,25)(H,26,27)/p-2/b14-11+. The van der Waals surface area contributed by atoms with Crippen molar-refractivity contribution in [1.29, 1.82) is 0 Å². The van der Waals surface area contributed by atoms with Gasteiger partial charge >= 0.3 is 0 Å². The fourth-order valence-electron chi connectivity index (χ4n) is 3.57. The third-order valence-corrected chi connectivity index (χ3v) is 4.74. The van der Waals surface area contributed by atoms with Crippen molar-refractivity contribution in [3.63, 3.8) is 0 Å². The van der Waals surface area contributed by atoms with Gasteiger partial charge < -0.3 is 24.5 Å². The predicted octanol–water partition coefficient (Wildman–Crippen LogP) is 1.21. The number of allylic oxidation sites excluding steroid dienone is 1. The van der Waals surface area contributed by atoms with E-state index >= 15 is 0 Å². The highest BCUT2D eigenvalue weighted by Crippen LogP contribution is 2.38. The van der Waals surface area contributed by atoms with Crippen molar-refractivity contribution in [1.82, 2.24) is 4.98 Å². The van der Waals surface area contributed by atoms with Gasteiger partial charge in [0, 0.05) is 16.5 Å². The number of carboxylic acids is 2. The number of fused-ring (bicyclic) bond motifs is 2. The number of hydrogen-bond donors (Lipinski definition) is 0. The second kappa shape index (κ2) is 7.15. The Balaban J connectivity index is 1.83. The molecule has 0 aliphatic heterocycles. The van der Waals surface area contributed by atoms with Crippen molar-refractivity contribution < 1.29 is 24.5 Å². The molecule has 0 fully saturated rings. The minimum atomic E-state index is -1.31. The Hall–Kier alpha value is -3.67. The third kappa shape index (κ3) is 3.20. The van der Waals surface area contributed by atoms with Crippen LogP contribution in [0.4, 0.5) is 0 Å². The summed E-state index contributed by atoms with van der Waals surface area (Å²) in [6, 6.07) is 14.1. The van der Waals surface area contributed by atoms with Crippen molar-refractivity contribution in [2.24, 2.45) is 0 Å². The van der Waals surface area contributed by atoms with Gasteiger partial charge in [-0.05, 0) is 42.2 Å². The molecule has 1 aliphatic carbocycles. The molecule has 1 aliphatic rings. The van der Waals surface area contributed by atoms with Gasteiger partial charge in [0.1, 0.15) is 12.4 Å². The van der Waals surface area contributed by atoms with Crippen LogP contribution in [0.25, 0.3) is 22.6 Å². The molecule has 0 radical (unpaired) electrons.